The molecule has 0 spiro atoms. The molecule has 0 bridgehead atoms. The standard InChI is InChI=1S/C12H15N3O2/c1-15-11-9(3-2-4-14-11)17-10(12(15)16)7-5-8(13)6-7/h2-4,7-8,10H,5-6,13H2,1H3. The number of hydrogen-bond acceptors (Lipinski definition) is 4. The number of pyridine rings is 1. The first-order valence-electron chi connectivity index (χ1n) is 5.81. The van der Waals surface area contributed by atoms with Crippen LogP contribution in [0.1, 0.15) is 12.8 Å². The molecule has 1 saturated carbocycles. The second-order valence-electron chi connectivity index (χ2n) is 4.75. The lowest BCUT2D eigenvalue weighted by molar-refractivity contribution is -0.130. The number of fused-ring (bicyclic) bond motifs is 1. The van der Waals surface area contributed by atoms with Gasteiger partial charge in [-0.1, -0.05) is 0 Å². The predicted octanol–water partition coefficient (Wildman–Crippen LogP) is 0.543. The number of nitrogens with zero attached hydrogens (tertiary/aromatic N) is 2. The van der Waals surface area contributed by atoms with Crippen molar-refractivity contribution in [3.05, 3.63) is 18.3 Å². The van der Waals surface area contributed by atoms with Gasteiger partial charge in [-0.15, -0.1) is 0 Å². The molecule has 5 nitrogen and oxygen atoms in total. The highest BCUT2D eigenvalue weighted by molar-refractivity contribution is 5.98. The van der Waals surface area contributed by atoms with E-state index in [1.807, 2.05) is 12.1 Å². The first kappa shape index (κ1) is 10.5. The molecule has 0 radical (unpaired) electrons. The van der Waals surface area contributed by atoms with Gasteiger partial charge in [0.25, 0.3) is 5.91 Å². The summed E-state index contributed by atoms with van der Waals surface area (Å²) in [6, 6.07) is 3.88. The zero-order valence-corrected chi connectivity index (χ0v) is 9.67. The number of carbonyl (C=O) groups excluding carboxylic acids is 1. The summed E-state index contributed by atoms with van der Waals surface area (Å²) in [5.41, 5.74) is 5.76. The van der Waals surface area contributed by atoms with Crippen molar-refractivity contribution in [3.8, 4) is 5.75 Å². The molecule has 2 N–H and O–H groups in total. The summed E-state index contributed by atoms with van der Waals surface area (Å²) in [7, 11) is 1.74. The van der Waals surface area contributed by atoms with Crippen molar-refractivity contribution >= 4 is 11.7 Å². The van der Waals surface area contributed by atoms with Gasteiger partial charge in [-0.25, -0.2) is 4.98 Å². The van der Waals surface area contributed by atoms with Crippen LogP contribution in [-0.2, 0) is 4.79 Å². The van der Waals surface area contributed by atoms with Crippen LogP contribution in [0.5, 0.6) is 5.75 Å². The highest BCUT2D eigenvalue weighted by Gasteiger charge is 2.43. The Morgan fingerprint density at radius 1 is 1.53 bits per heavy atom. The number of aromatic nitrogens is 1. The molecule has 1 unspecified atom stereocenters. The van der Waals surface area contributed by atoms with Crippen LogP contribution in [0.25, 0.3) is 0 Å². The molecule has 1 amide bonds. The average molecular weight is 233 g/mol. The van der Waals surface area contributed by atoms with E-state index in [4.69, 9.17) is 10.5 Å². The minimum absolute atomic E-state index is 0.0203. The van der Waals surface area contributed by atoms with Crippen LogP contribution in [0.4, 0.5) is 5.82 Å². The van der Waals surface area contributed by atoms with Gasteiger partial charge >= 0.3 is 0 Å². The van der Waals surface area contributed by atoms with Crippen LogP contribution < -0.4 is 15.4 Å². The van der Waals surface area contributed by atoms with Crippen LogP contribution in [0.2, 0.25) is 0 Å². The molecule has 1 aromatic heterocycles. The van der Waals surface area contributed by atoms with Crippen LogP contribution in [0, 0.1) is 5.92 Å². The summed E-state index contributed by atoms with van der Waals surface area (Å²) in [5, 5.41) is 0. The summed E-state index contributed by atoms with van der Waals surface area (Å²) >= 11 is 0. The summed E-state index contributed by atoms with van der Waals surface area (Å²) in [4.78, 5) is 17.9. The lowest BCUT2D eigenvalue weighted by Gasteiger charge is -2.41. The molecule has 5 heteroatoms. The summed E-state index contributed by atoms with van der Waals surface area (Å²) < 4.78 is 5.76. The molecular formula is C12H15N3O2. The number of carbonyl (C=O) groups is 1. The summed E-state index contributed by atoms with van der Waals surface area (Å²) in [6.45, 7) is 0. The predicted molar refractivity (Wildman–Crippen MR) is 62.8 cm³/mol. The fourth-order valence-electron chi connectivity index (χ4n) is 2.46. The number of amides is 1. The first-order chi connectivity index (χ1) is 8.16. The van der Waals surface area contributed by atoms with Gasteiger partial charge in [0.05, 0.1) is 0 Å². The summed E-state index contributed by atoms with van der Waals surface area (Å²) in [6.07, 6.45) is 2.99. The average Bonchev–Trinajstić information content (AvgIpc) is 2.30. The van der Waals surface area contributed by atoms with E-state index in [2.05, 4.69) is 4.98 Å². The number of ether oxygens (including phenoxy) is 1. The molecule has 3 rings (SSSR count). The zero-order valence-electron chi connectivity index (χ0n) is 9.67. The topological polar surface area (TPSA) is 68.5 Å². The quantitative estimate of drug-likeness (QED) is 0.768. The Hall–Kier alpha value is -1.62. The van der Waals surface area contributed by atoms with Gasteiger partial charge in [-0.2, -0.15) is 0 Å². The minimum atomic E-state index is -0.392. The van der Waals surface area contributed by atoms with E-state index in [1.54, 1.807) is 18.1 Å². The zero-order chi connectivity index (χ0) is 12.0. The van der Waals surface area contributed by atoms with Crippen molar-refractivity contribution < 1.29 is 9.53 Å². The second kappa shape index (κ2) is 3.70. The number of rotatable bonds is 1. The maximum absolute atomic E-state index is 12.1. The van der Waals surface area contributed by atoms with E-state index in [0.29, 0.717) is 11.6 Å². The van der Waals surface area contributed by atoms with Crippen molar-refractivity contribution in [2.24, 2.45) is 11.7 Å². The van der Waals surface area contributed by atoms with E-state index in [1.165, 1.54) is 0 Å². The van der Waals surface area contributed by atoms with Crippen LogP contribution in [0.15, 0.2) is 18.3 Å². The lowest BCUT2D eigenvalue weighted by atomic mass is 9.76. The van der Waals surface area contributed by atoms with Crippen molar-refractivity contribution in [3.63, 3.8) is 0 Å². The Kier molecular flexibility index (Phi) is 2.29. The molecule has 17 heavy (non-hydrogen) atoms. The third kappa shape index (κ3) is 1.58. The lowest BCUT2D eigenvalue weighted by Crippen LogP contribution is -2.53. The van der Waals surface area contributed by atoms with Gasteiger partial charge in [0.15, 0.2) is 17.7 Å². The largest absolute Gasteiger partial charge is 0.476 e. The van der Waals surface area contributed by atoms with E-state index < -0.39 is 6.10 Å². The van der Waals surface area contributed by atoms with Crippen LogP contribution in [0.3, 0.4) is 0 Å². The van der Waals surface area contributed by atoms with E-state index in [9.17, 15) is 4.79 Å². The number of nitrogens with two attached hydrogens (primary N) is 1. The molecule has 0 saturated heterocycles. The van der Waals surface area contributed by atoms with Gasteiger partial charge in [-0.3, -0.25) is 9.69 Å². The molecule has 1 aliphatic heterocycles. The van der Waals surface area contributed by atoms with Crippen molar-refractivity contribution in [2.75, 3.05) is 11.9 Å². The normalized spacial score (nSPS) is 31.5. The Morgan fingerprint density at radius 2 is 2.29 bits per heavy atom. The van der Waals surface area contributed by atoms with Crippen LogP contribution in [-0.4, -0.2) is 30.1 Å². The Labute approximate surface area is 99.6 Å². The molecule has 0 aromatic carbocycles. The second-order valence-corrected chi connectivity index (χ2v) is 4.75. The molecule has 1 aliphatic carbocycles. The number of likely N-dealkylation sites (N-methyl/N-ethyl adjacent to an activating group) is 1. The Balaban J connectivity index is 1.88. The van der Waals surface area contributed by atoms with Gasteiger partial charge in [0.2, 0.25) is 0 Å². The minimum Gasteiger partial charge on any atom is -0.476 e. The molecule has 2 heterocycles. The van der Waals surface area contributed by atoms with E-state index >= 15 is 0 Å². The molecule has 90 valence electrons. The van der Waals surface area contributed by atoms with Gasteiger partial charge in [0, 0.05) is 25.2 Å². The third-order valence-electron chi connectivity index (χ3n) is 3.54. The molecule has 2 aliphatic rings. The maximum Gasteiger partial charge on any atom is 0.269 e. The Bertz CT molecular complexity index is 457. The third-order valence-corrected chi connectivity index (χ3v) is 3.54. The fraction of sp³-hybridized carbons (Fsp3) is 0.500. The van der Waals surface area contributed by atoms with Gasteiger partial charge < -0.3 is 10.5 Å². The smallest absolute Gasteiger partial charge is 0.269 e. The van der Waals surface area contributed by atoms with Crippen molar-refractivity contribution in [1.29, 1.82) is 0 Å². The molecule has 1 atom stereocenters. The van der Waals surface area contributed by atoms with Crippen molar-refractivity contribution in [2.45, 2.75) is 25.0 Å². The van der Waals surface area contributed by atoms with Crippen LogP contribution >= 0.6 is 0 Å². The van der Waals surface area contributed by atoms with Gasteiger partial charge in [0.1, 0.15) is 0 Å². The molecule has 1 fully saturated rings. The molecule has 1 aromatic rings. The Morgan fingerprint density at radius 3 is 3.00 bits per heavy atom. The fourth-order valence-corrected chi connectivity index (χ4v) is 2.46. The highest BCUT2D eigenvalue weighted by Crippen LogP contribution is 2.38. The first-order valence-corrected chi connectivity index (χ1v) is 5.81. The van der Waals surface area contributed by atoms with E-state index in [-0.39, 0.29) is 17.9 Å². The van der Waals surface area contributed by atoms with E-state index in [0.717, 1.165) is 12.8 Å². The highest BCUT2D eigenvalue weighted by atomic mass is 16.5. The number of anilines is 1. The number of hydrogen-bond donors (Lipinski definition) is 1. The van der Waals surface area contributed by atoms with Gasteiger partial charge in [-0.05, 0) is 25.0 Å². The SMILES string of the molecule is CN1C(=O)C(C2CC(N)C2)Oc2cccnc21. The molecular weight excluding hydrogens is 218 g/mol. The van der Waals surface area contributed by atoms with Crippen molar-refractivity contribution in [1.82, 2.24) is 4.98 Å². The summed E-state index contributed by atoms with van der Waals surface area (Å²) in [5.74, 6) is 1.50. The monoisotopic (exact) mass is 233 g/mol. The maximum atomic E-state index is 12.1.